The molecule has 0 aromatic carbocycles. The number of aromatic nitrogens is 2. The fourth-order valence-electron chi connectivity index (χ4n) is 1.67. The maximum Gasteiger partial charge on any atom is 0.150 e. The van der Waals surface area contributed by atoms with Crippen LogP contribution in [0.15, 0.2) is 0 Å². The van der Waals surface area contributed by atoms with E-state index < -0.39 is 15.9 Å². The second kappa shape index (κ2) is 5.37. The molecule has 0 fully saturated rings. The molecule has 1 unspecified atom stereocenters. The number of hydrogen-bond donors (Lipinski definition) is 1. The zero-order chi connectivity index (χ0) is 13.2. The van der Waals surface area contributed by atoms with Crippen molar-refractivity contribution in [3.05, 3.63) is 16.4 Å². The average molecular weight is 281 g/mol. The number of rotatable bonds is 5. The lowest BCUT2D eigenvalue weighted by Crippen LogP contribution is -2.23. The molecule has 0 radical (unpaired) electrons. The summed E-state index contributed by atoms with van der Waals surface area (Å²) >= 11 is 6.10. The number of nitrogens with zero attached hydrogens (tertiary/aromatic N) is 2. The Morgan fingerprint density at radius 2 is 2.12 bits per heavy atom. The lowest BCUT2D eigenvalue weighted by molar-refractivity contribution is 0.195. The standard InChI is InChI=1S/C10H17ClN2O3S/c1-4-8-10(11)9(13(2)12-8)5-7(14)6-17(3,15)16/h7,14H,4-6H2,1-3H3. The molecule has 1 atom stereocenters. The van der Waals surface area contributed by atoms with E-state index in [1.807, 2.05) is 6.92 Å². The second-order valence-electron chi connectivity index (χ2n) is 4.13. The topological polar surface area (TPSA) is 72.2 Å². The van der Waals surface area contributed by atoms with Crippen molar-refractivity contribution in [2.45, 2.75) is 25.9 Å². The molecule has 1 rings (SSSR count). The van der Waals surface area contributed by atoms with Gasteiger partial charge in [-0.2, -0.15) is 5.10 Å². The maximum atomic E-state index is 11.0. The summed E-state index contributed by atoms with van der Waals surface area (Å²) in [4.78, 5) is 0. The highest BCUT2D eigenvalue weighted by Crippen LogP contribution is 2.22. The van der Waals surface area contributed by atoms with Gasteiger partial charge in [-0.15, -0.1) is 0 Å². The first kappa shape index (κ1) is 14.5. The number of sulfone groups is 1. The van der Waals surface area contributed by atoms with Crippen LogP contribution in [-0.4, -0.2) is 41.4 Å². The van der Waals surface area contributed by atoms with Crippen LogP contribution < -0.4 is 0 Å². The molecule has 5 nitrogen and oxygen atoms in total. The Morgan fingerprint density at radius 1 is 1.53 bits per heavy atom. The monoisotopic (exact) mass is 280 g/mol. The van der Waals surface area contributed by atoms with E-state index in [1.165, 1.54) is 0 Å². The number of aliphatic hydroxyl groups excluding tert-OH is 1. The van der Waals surface area contributed by atoms with Gasteiger partial charge in [0.15, 0.2) is 0 Å². The molecule has 1 N–H and O–H groups in total. The summed E-state index contributed by atoms with van der Waals surface area (Å²) in [7, 11) is -1.46. The van der Waals surface area contributed by atoms with Gasteiger partial charge in [-0.05, 0) is 6.42 Å². The molecule has 0 aliphatic carbocycles. The van der Waals surface area contributed by atoms with E-state index in [-0.39, 0.29) is 12.2 Å². The minimum absolute atomic E-state index is 0.190. The highest BCUT2D eigenvalue weighted by Gasteiger charge is 2.19. The SMILES string of the molecule is CCc1nn(C)c(CC(O)CS(C)(=O)=O)c1Cl. The van der Waals surface area contributed by atoms with Crippen molar-refractivity contribution in [1.29, 1.82) is 0 Å². The fraction of sp³-hybridized carbons (Fsp3) is 0.700. The number of aryl methyl sites for hydroxylation is 2. The third kappa shape index (κ3) is 3.97. The number of halogens is 1. The van der Waals surface area contributed by atoms with E-state index in [9.17, 15) is 13.5 Å². The zero-order valence-electron chi connectivity index (χ0n) is 10.1. The maximum absolute atomic E-state index is 11.0. The van der Waals surface area contributed by atoms with Crippen molar-refractivity contribution in [1.82, 2.24) is 9.78 Å². The van der Waals surface area contributed by atoms with E-state index in [0.29, 0.717) is 17.1 Å². The highest BCUT2D eigenvalue weighted by atomic mass is 35.5. The summed E-state index contributed by atoms with van der Waals surface area (Å²) in [5.41, 5.74) is 1.43. The minimum Gasteiger partial charge on any atom is -0.392 e. The largest absolute Gasteiger partial charge is 0.392 e. The van der Waals surface area contributed by atoms with Gasteiger partial charge in [-0.25, -0.2) is 8.42 Å². The molecule has 1 aromatic heterocycles. The van der Waals surface area contributed by atoms with Gasteiger partial charge < -0.3 is 5.11 Å². The second-order valence-corrected chi connectivity index (χ2v) is 6.70. The summed E-state index contributed by atoms with van der Waals surface area (Å²) in [6, 6.07) is 0. The van der Waals surface area contributed by atoms with Crippen LogP contribution in [-0.2, 0) is 29.7 Å². The summed E-state index contributed by atoms with van der Waals surface area (Å²) in [5, 5.41) is 14.4. The molecule has 1 aromatic rings. The first-order valence-corrected chi connectivity index (χ1v) is 7.74. The molecule has 17 heavy (non-hydrogen) atoms. The van der Waals surface area contributed by atoms with Crippen LogP contribution >= 0.6 is 11.6 Å². The fourth-order valence-corrected chi connectivity index (χ4v) is 2.86. The van der Waals surface area contributed by atoms with E-state index in [0.717, 1.165) is 11.9 Å². The lowest BCUT2D eigenvalue weighted by atomic mass is 10.2. The Balaban J connectivity index is 2.85. The summed E-state index contributed by atoms with van der Waals surface area (Å²) in [6.07, 6.45) is 1.03. The Bertz CT molecular complexity index is 496. The smallest absolute Gasteiger partial charge is 0.150 e. The molecule has 98 valence electrons. The van der Waals surface area contributed by atoms with Gasteiger partial charge in [0, 0.05) is 19.7 Å². The minimum atomic E-state index is -3.19. The van der Waals surface area contributed by atoms with Gasteiger partial charge >= 0.3 is 0 Å². The first-order chi connectivity index (χ1) is 7.74. The van der Waals surface area contributed by atoms with Gasteiger partial charge in [0.2, 0.25) is 0 Å². The van der Waals surface area contributed by atoms with Crippen LogP contribution in [0, 0.1) is 0 Å². The average Bonchev–Trinajstić information content (AvgIpc) is 2.42. The Hall–Kier alpha value is -0.590. The lowest BCUT2D eigenvalue weighted by Gasteiger charge is -2.09. The number of hydrogen-bond acceptors (Lipinski definition) is 4. The summed E-state index contributed by atoms with van der Waals surface area (Å²) < 4.78 is 23.7. The van der Waals surface area contributed by atoms with Crippen molar-refractivity contribution in [2.24, 2.45) is 7.05 Å². The third-order valence-corrected chi connectivity index (χ3v) is 3.85. The Kier molecular flexibility index (Phi) is 4.57. The van der Waals surface area contributed by atoms with Gasteiger partial charge in [-0.1, -0.05) is 18.5 Å². The molecule has 1 heterocycles. The third-order valence-electron chi connectivity index (χ3n) is 2.43. The molecule has 0 spiro atoms. The molecule has 0 aliphatic heterocycles. The van der Waals surface area contributed by atoms with Crippen LogP contribution in [0.3, 0.4) is 0 Å². The van der Waals surface area contributed by atoms with Crippen molar-refractivity contribution in [3.63, 3.8) is 0 Å². The molecule has 7 heteroatoms. The highest BCUT2D eigenvalue weighted by molar-refractivity contribution is 7.90. The number of aliphatic hydroxyl groups is 1. The van der Waals surface area contributed by atoms with Crippen LogP contribution in [0.1, 0.15) is 18.3 Å². The molecular weight excluding hydrogens is 264 g/mol. The van der Waals surface area contributed by atoms with Gasteiger partial charge in [0.25, 0.3) is 0 Å². The molecule has 0 amide bonds. The zero-order valence-corrected chi connectivity index (χ0v) is 11.7. The molecule has 0 saturated heterocycles. The summed E-state index contributed by atoms with van der Waals surface area (Å²) in [6.45, 7) is 1.94. The molecule has 0 saturated carbocycles. The Labute approximate surface area is 106 Å². The predicted molar refractivity (Wildman–Crippen MR) is 67.0 cm³/mol. The van der Waals surface area contributed by atoms with Crippen molar-refractivity contribution >= 4 is 21.4 Å². The van der Waals surface area contributed by atoms with Crippen molar-refractivity contribution < 1.29 is 13.5 Å². The quantitative estimate of drug-likeness (QED) is 0.857. The van der Waals surface area contributed by atoms with Gasteiger partial charge in [0.1, 0.15) is 9.84 Å². The predicted octanol–water partition coefficient (Wildman–Crippen LogP) is 0.584. The van der Waals surface area contributed by atoms with Crippen LogP contribution in [0.5, 0.6) is 0 Å². The molecule has 0 aliphatic rings. The van der Waals surface area contributed by atoms with Crippen molar-refractivity contribution in [3.8, 4) is 0 Å². The first-order valence-electron chi connectivity index (χ1n) is 5.30. The van der Waals surface area contributed by atoms with Crippen LogP contribution in [0.4, 0.5) is 0 Å². The molecular formula is C10H17ClN2O3S. The van der Waals surface area contributed by atoms with Crippen LogP contribution in [0.25, 0.3) is 0 Å². The normalized spacial score (nSPS) is 13.9. The van der Waals surface area contributed by atoms with E-state index >= 15 is 0 Å². The van der Waals surface area contributed by atoms with Gasteiger partial charge in [-0.3, -0.25) is 4.68 Å². The van der Waals surface area contributed by atoms with E-state index in [4.69, 9.17) is 11.6 Å². The van der Waals surface area contributed by atoms with Crippen LogP contribution in [0.2, 0.25) is 5.02 Å². The van der Waals surface area contributed by atoms with E-state index in [2.05, 4.69) is 5.10 Å². The Morgan fingerprint density at radius 3 is 2.53 bits per heavy atom. The van der Waals surface area contributed by atoms with Gasteiger partial charge in [0.05, 0.1) is 28.3 Å². The van der Waals surface area contributed by atoms with E-state index in [1.54, 1.807) is 11.7 Å². The summed E-state index contributed by atoms with van der Waals surface area (Å²) in [5.74, 6) is -0.268. The van der Waals surface area contributed by atoms with Crippen molar-refractivity contribution in [2.75, 3.05) is 12.0 Å². The molecule has 0 bridgehead atoms.